The molecular weight excluding hydrogens is 396 g/mol. The average molecular weight is 415 g/mol. The standard InChI is InChI=1S/C20H19ClN4O2S/c1-2-25-12-11-22-20(25)28-13-18(26)24-17-6-4-3-5-16(17)19(27)23-15-9-7-14(21)8-10-15/h3-12H,2,13H2,1H3,(H,23,27)(H,24,26). The SMILES string of the molecule is CCn1ccnc1SCC(=O)Nc1ccccc1C(=O)Nc1ccc(Cl)cc1. The molecule has 0 saturated heterocycles. The van der Waals surface area contributed by atoms with Gasteiger partial charge in [-0.3, -0.25) is 9.59 Å². The Kier molecular flexibility index (Phi) is 6.73. The number of nitrogens with zero attached hydrogens (tertiary/aromatic N) is 2. The van der Waals surface area contributed by atoms with Gasteiger partial charge in [-0.15, -0.1) is 0 Å². The predicted octanol–water partition coefficient (Wildman–Crippen LogP) is 4.54. The number of carbonyl (C=O) groups excluding carboxylic acids is 2. The molecule has 1 aromatic heterocycles. The van der Waals surface area contributed by atoms with Gasteiger partial charge in [-0.05, 0) is 43.3 Å². The van der Waals surface area contributed by atoms with Crippen molar-refractivity contribution in [1.82, 2.24) is 9.55 Å². The summed E-state index contributed by atoms with van der Waals surface area (Å²) in [4.78, 5) is 29.2. The van der Waals surface area contributed by atoms with E-state index in [0.29, 0.717) is 22.0 Å². The molecule has 2 amide bonds. The summed E-state index contributed by atoms with van der Waals surface area (Å²) in [6.07, 6.45) is 3.58. The molecule has 28 heavy (non-hydrogen) atoms. The maximum absolute atomic E-state index is 12.6. The van der Waals surface area contributed by atoms with Crippen LogP contribution in [0.5, 0.6) is 0 Å². The van der Waals surface area contributed by atoms with Crippen LogP contribution >= 0.6 is 23.4 Å². The van der Waals surface area contributed by atoms with Crippen molar-refractivity contribution in [2.45, 2.75) is 18.6 Å². The number of rotatable bonds is 7. The second-order valence-corrected chi connectivity index (χ2v) is 7.22. The minimum atomic E-state index is -0.313. The Hall–Kier alpha value is -2.77. The number of imidazole rings is 1. The zero-order valence-corrected chi connectivity index (χ0v) is 16.8. The Balaban J connectivity index is 1.65. The summed E-state index contributed by atoms with van der Waals surface area (Å²) < 4.78 is 1.96. The molecule has 144 valence electrons. The molecule has 0 bridgehead atoms. The summed E-state index contributed by atoms with van der Waals surface area (Å²) in [7, 11) is 0. The number of halogens is 1. The molecule has 0 aliphatic heterocycles. The summed E-state index contributed by atoms with van der Waals surface area (Å²) in [5.74, 6) is -0.320. The predicted molar refractivity (Wildman–Crippen MR) is 113 cm³/mol. The lowest BCUT2D eigenvalue weighted by atomic mass is 10.1. The Morgan fingerprint density at radius 2 is 1.86 bits per heavy atom. The first-order valence-corrected chi connectivity index (χ1v) is 10.0. The first-order chi connectivity index (χ1) is 13.6. The average Bonchev–Trinajstić information content (AvgIpc) is 3.16. The van der Waals surface area contributed by atoms with Crippen LogP contribution in [0.15, 0.2) is 66.1 Å². The van der Waals surface area contributed by atoms with Crippen molar-refractivity contribution < 1.29 is 9.59 Å². The van der Waals surface area contributed by atoms with Gasteiger partial charge in [0, 0.05) is 29.6 Å². The first kappa shape index (κ1) is 20.0. The molecule has 0 spiro atoms. The molecule has 0 aliphatic carbocycles. The number of aryl methyl sites for hydroxylation is 1. The Bertz CT molecular complexity index is 972. The summed E-state index contributed by atoms with van der Waals surface area (Å²) in [5.41, 5.74) is 1.46. The molecular formula is C20H19ClN4O2S. The molecule has 0 atom stereocenters. The molecule has 2 N–H and O–H groups in total. The highest BCUT2D eigenvalue weighted by Gasteiger charge is 2.14. The number of anilines is 2. The van der Waals surface area contributed by atoms with E-state index in [-0.39, 0.29) is 17.6 Å². The maximum atomic E-state index is 12.6. The van der Waals surface area contributed by atoms with Crippen molar-refractivity contribution >= 4 is 46.6 Å². The van der Waals surface area contributed by atoms with Gasteiger partial charge >= 0.3 is 0 Å². The molecule has 0 aliphatic rings. The molecule has 1 heterocycles. The minimum absolute atomic E-state index is 0.199. The van der Waals surface area contributed by atoms with Gasteiger partial charge < -0.3 is 15.2 Å². The van der Waals surface area contributed by atoms with Crippen LogP contribution in [0.3, 0.4) is 0 Å². The van der Waals surface area contributed by atoms with Gasteiger partial charge in [0.05, 0.1) is 17.0 Å². The fourth-order valence-electron chi connectivity index (χ4n) is 2.51. The van der Waals surface area contributed by atoms with E-state index >= 15 is 0 Å². The zero-order chi connectivity index (χ0) is 19.9. The zero-order valence-electron chi connectivity index (χ0n) is 15.2. The minimum Gasteiger partial charge on any atom is -0.326 e. The number of carbonyl (C=O) groups is 2. The molecule has 3 rings (SSSR count). The van der Waals surface area contributed by atoms with E-state index < -0.39 is 0 Å². The first-order valence-electron chi connectivity index (χ1n) is 8.66. The van der Waals surface area contributed by atoms with Crippen molar-refractivity contribution in [3.8, 4) is 0 Å². The molecule has 8 heteroatoms. The van der Waals surface area contributed by atoms with Crippen LogP contribution in [0.1, 0.15) is 17.3 Å². The van der Waals surface area contributed by atoms with Crippen LogP contribution in [0.2, 0.25) is 5.02 Å². The second kappa shape index (κ2) is 9.43. The molecule has 0 saturated carbocycles. The van der Waals surface area contributed by atoms with Crippen LogP contribution in [-0.2, 0) is 11.3 Å². The highest BCUT2D eigenvalue weighted by Crippen LogP contribution is 2.20. The smallest absolute Gasteiger partial charge is 0.257 e. The highest BCUT2D eigenvalue weighted by molar-refractivity contribution is 7.99. The van der Waals surface area contributed by atoms with Crippen LogP contribution < -0.4 is 10.6 Å². The van der Waals surface area contributed by atoms with E-state index in [9.17, 15) is 9.59 Å². The third-order valence-electron chi connectivity index (χ3n) is 3.90. The van der Waals surface area contributed by atoms with Crippen molar-refractivity contribution in [3.05, 3.63) is 71.5 Å². The van der Waals surface area contributed by atoms with Crippen LogP contribution in [0.25, 0.3) is 0 Å². The quantitative estimate of drug-likeness (QED) is 0.556. The van der Waals surface area contributed by atoms with Crippen molar-refractivity contribution in [3.63, 3.8) is 0 Å². The van der Waals surface area contributed by atoms with E-state index in [1.165, 1.54) is 11.8 Å². The van der Waals surface area contributed by atoms with Gasteiger partial charge in [0.25, 0.3) is 5.91 Å². The molecule has 0 fully saturated rings. The molecule has 2 aromatic carbocycles. The largest absolute Gasteiger partial charge is 0.326 e. The Morgan fingerprint density at radius 1 is 1.11 bits per heavy atom. The van der Waals surface area contributed by atoms with E-state index in [2.05, 4.69) is 15.6 Å². The van der Waals surface area contributed by atoms with Gasteiger partial charge in [0.15, 0.2) is 5.16 Å². The Morgan fingerprint density at radius 3 is 2.61 bits per heavy atom. The third kappa shape index (κ3) is 5.15. The molecule has 6 nitrogen and oxygen atoms in total. The number of thioether (sulfide) groups is 1. The van der Waals surface area contributed by atoms with Gasteiger partial charge in [-0.1, -0.05) is 35.5 Å². The number of hydrogen-bond acceptors (Lipinski definition) is 4. The monoisotopic (exact) mass is 414 g/mol. The summed E-state index contributed by atoms with van der Waals surface area (Å²) in [6.45, 7) is 2.80. The fourth-order valence-corrected chi connectivity index (χ4v) is 3.46. The lowest BCUT2D eigenvalue weighted by molar-refractivity contribution is -0.113. The van der Waals surface area contributed by atoms with Gasteiger partial charge in [-0.2, -0.15) is 0 Å². The summed E-state index contributed by atoms with van der Waals surface area (Å²) in [5, 5.41) is 6.98. The van der Waals surface area contributed by atoms with Gasteiger partial charge in [-0.25, -0.2) is 4.98 Å². The van der Waals surface area contributed by atoms with E-state index in [0.717, 1.165) is 11.7 Å². The number of nitrogens with one attached hydrogen (secondary N) is 2. The maximum Gasteiger partial charge on any atom is 0.257 e. The topological polar surface area (TPSA) is 76.0 Å². The van der Waals surface area contributed by atoms with Crippen LogP contribution in [-0.4, -0.2) is 27.1 Å². The van der Waals surface area contributed by atoms with Gasteiger partial charge in [0.1, 0.15) is 0 Å². The number of amides is 2. The van der Waals surface area contributed by atoms with Crippen LogP contribution in [0.4, 0.5) is 11.4 Å². The molecule has 0 unspecified atom stereocenters. The van der Waals surface area contributed by atoms with E-state index in [1.807, 2.05) is 17.7 Å². The highest BCUT2D eigenvalue weighted by atomic mass is 35.5. The normalized spacial score (nSPS) is 10.5. The molecule has 0 radical (unpaired) electrons. The van der Waals surface area contributed by atoms with E-state index in [4.69, 9.17) is 11.6 Å². The Labute approximate surface area is 172 Å². The van der Waals surface area contributed by atoms with Gasteiger partial charge in [0.2, 0.25) is 5.91 Å². The second-order valence-electron chi connectivity index (χ2n) is 5.84. The van der Waals surface area contributed by atoms with E-state index in [1.54, 1.807) is 54.7 Å². The number of aromatic nitrogens is 2. The third-order valence-corrected chi connectivity index (χ3v) is 5.15. The number of benzene rings is 2. The van der Waals surface area contributed by atoms with Crippen molar-refractivity contribution in [1.29, 1.82) is 0 Å². The summed E-state index contributed by atoms with van der Waals surface area (Å²) >= 11 is 7.22. The summed E-state index contributed by atoms with van der Waals surface area (Å²) in [6, 6.07) is 13.7. The fraction of sp³-hybridized carbons (Fsp3) is 0.150. The van der Waals surface area contributed by atoms with Crippen LogP contribution in [0, 0.1) is 0 Å². The lowest BCUT2D eigenvalue weighted by Gasteiger charge is -2.11. The van der Waals surface area contributed by atoms with Crippen molar-refractivity contribution in [2.24, 2.45) is 0 Å². The lowest BCUT2D eigenvalue weighted by Crippen LogP contribution is -2.19. The molecule has 3 aromatic rings. The van der Waals surface area contributed by atoms with Crippen molar-refractivity contribution in [2.75, 3.05) is 16.4 Å². The number of para-hydroxylation sites is 1. The number of hydrogen-bond donors (Lipinski definition) is 2.